The number of para-hydroxylation sites is 1. The van der Waals surface area contributed by atoms with Crippen LogP contribution in [-0.2, 0) is 20.7 Å². The van der Waals surface area contributed by atoms with Crippen molar-refractivity contribution in [3.05, 3.63) is 64.7 Å². The molecule has 1 amide bonds. The number of ether oxygens (including phenoxy) is 1. The molecule has 2 aromatic carbocycles. The van der Waals surface area contributed by atoms with Crippen LogP contribution in [0.1, 0.15) is 42.1 Å². The van der Waals surface area contributed by atoms with Crippen LogP contribution in [0, 0.1) is 0 Å². The molecule has 0 aliphatic carbocycles. The van der Waals surface area contributed by atoms with E-state index in [0.29, 0.717) is 17.1 Å². The van der Waals surface area contributed by atoms with Gasteiger partial charge in [-0.1, -0.05) is 29.8 Å². The van der Waals surface area contributed by atoms with E-state index in [4.69, 9.17) is 16.3 Å². The smallest absolute Gasteiger partial charge is 0.307 e. The Morgan fingerprint density at radius 3 is 2.54 bits per heavy atom. The van der Waals surface area contributed by atoms with Gasteiger partial charge in [0.1, 0.15) is 0 Å². The lowest BCUT2D eigenvalue weighted by molar-refractivity contribution is -0.153. The van der Waals surface area contributed by atoms with Crippen molar-refractivity contribution >= 4 is 34.9 Å². The van der Waals surface area contributed by atoms with Crippen molar-refractivity contribution in [3.8, 4) is 0 Å². The number of rotatable bonds is 6. The zero-order valence-electron chi connectivity index (χ0n) is 15.7. The third-order valence-corrected chi connectivity index (χ3v) is 5.01. The van der Waals surface area contributed by atoms with Gasteiger partial charge < -0.3 is 9.64 Å². The molecule has 1 unspecified atom stereocenters. The molecule has 1 aliphatic rings. The van der Waals surface area contributed by atoms with E-state index in [1.807, 2.05) is 24.3 Å². The number of Topliss-reactive ketones (excluding diaryl/α,β-unsaturated/α-hetero) is 1. The van der Waals surface area contributed by atoms with Gasteiger partial charge in [0.05, 0.1) is 6.42 Å². The predicted octanol–water partition coefficient (Wildman–Crippen LogP) is 4.21. The highest BCUT2D eigenvalue weighted by Crippen LogP contribution is 2.27. The first-order valence-electron chi connectivity index (χ1n) is 9.33. The summed E-state index contributed by atoms with van der Waals surface area (Å²) >= 11 is 5.81. The lowest BCUT2D eigenvalue weighted by atomic mass is 10.0. The fraction of sp³-hybridized carbons (Fsp3) is 0.318. The van der Waals surface area contributed by atoms with Crippen molar-refractivity contribution in [2.75, 3.05) is 11.4 Å². The van der Waals surface area contributed by atoms with E-state index in [0.717, 1.165) is 24.1 Å². The lowest BCUT2D eigenvalue weighted by Crippen LogP contribution is -2.42. The SMILES string of the molecule is CC(OC(=O)CCC(=O)c1ccc(Cl)cc1)C(=O)N1CCCc2ccccc21. The molecular weight excluding hydrogens is 378 g/mol. The summed E-state index contributed by atoms with van der Waals surface area (Å²) in [4.78, 5) is 38.7. The van der Waals surface area contributed by atoms with Gasteiger partial charge in [-0.05, 0) is 55.7 Å². The Hall–Kier alpha value is -2.66. The predicted molar refractivity (Wildman–Crippen MR) is 108 cm³/mol. The van der Waals surface area contributed by atoms with Gasteiger partial charge in [-0.3, -0.25) is 14.4 Å². The van der Waals surface area contributed by atoms with Gasteiger partial charge in [-0.25, -0.2) is 0 Å². The molecule has 0 N–H and O–H groups in total. The first kappa shape index (κ1) is 20.1. The van der Waals surface area contributed by atoms with Gasteiger partial charge in [0.25, 0.3) is 5.91 Å². The number of ketones is 1. The third kappa shape index (κ3) is 4.78. The minimum absolute atomic E-state index is 0.0217. The summed E-state index contributed by atoms with van der Waals surface area (Å²) in [6, 6.07) is 14.3. The summed E-state index contributed by atoms with van der Waals surface area (Å²) in [6.07, 6.45) is 0.855. The molecule has 6 heteroatoms. The number of hydrogen-bond acceptors (Lipinski definition) is 4. The van der Waals surface area contributed by atoms with Crippen LogP contribution in [0.4, 0.5) is 5.69 Å². The highest BCUT2D eigenvalue weighted by Gasteiger charge is 2.28. The average Bonchev–Trinajstić information content (AvgIpc) is 2.71. The van der Waals surface area contributed by atoms with E-state index in [2.05, 4.69) is 0 Å². The number of aryl methyl sites for hydroxylation is 1. The number of carbonyl (C=O) groups is 3. The molecule has 0 radical (unpaired) electrons. The largest absolute Gasteiger partial charge is 0.453 e. The Kier molecular flexibility index (Phi) is 6.47. The summed E-state index contributed by atoms with van der Waals surface area (Å²) in [6.45, 7) is 2.17. The van der Waals surface area contributed by atoms with Crippen LogP contribution in [0.3, 0.4) is 0 Å². The number of hydrogen-bond donors (Lipinski definition) is 0. The summed E-state index contributed by atoms with van der Waals surface area (Å²) in [5.41, 5.74) is 2.49. The summed E-state index contributed by atoms with van der Waals surface area (Å²) in [5.74, 6) is -0.976. The minimum atomic E-state index is -0.899. The lowest BCUT2D eigenvalue weighted by Gasteiger charge is -2.31. The van der Waals surface area contributed by atoms with Gasteiger partial charge in [0.2, 0.25) is 0 Å². The first-order chi connectivity index (χ1) is 13.5. The van der Waals surface area contributed by atoms with Crippen LogP contribution < -0.4 is 4.90 Å². The normalized spacial score (nSPS) is 14.1. The Morgan fingerprint density at radius 1 is 1.07 bits per heavy atom. The number of esters is 1. The van der Waals surface area contributed by atoms with Gasteiger partial charge >= 0.3 is 5.97 Å². The molecule has 28 heavy (non-hydrogen) atoms. The second-order valence-electron chi connectivity index (χ2n) is 6.78. The average molecular weight is 400 g/mol. The summed E-state index contributed by atoms with van der Waals surface area (Å²) in [7, 11) is 0. The molecule has 0 aromatic heterocycles. The fourth-order valence-electron chi connectivity index (χ4n) is 3.28. The maximum Gasteiger partial charge on any atom is 0.307 e. The molecule has 5 nitrogen and oxygen atoms in total. The maximum absolute atomic E-state index is 12.8. The number of nitrogens with zero attached hydrogens (tertiary/aromatic N) is 1. The third-order valence-electron chi connectivity index (χ3n) is 4.75. The van der Waals surface area contributed by atoms with Crippen LogP contribution in [0.15, 0.2) is 48.5 Å². The monoisotopic (exact) mass is 399 g/mol. The number of amides is 1. The Morgan fingerprint density at radius 2 is 1.79 bits per heavy atom. The summed E-state index contributed by atoms with van der Waals surface area (Å²) < 4.78 is 5.28. The molecule has 1 heterocycles. The second-order valence-corrected chi connectivity index (χ2v) is 7.22. The van der Waals surface area contributed by atoms with E-state index < -0.39 is 12.1 Å². The number of benzene rings is 2. The van der Waals surface area contributed by atoms with E-state index in [1.165, 1.54) is 0 Å². The zero-order valence-corrected chi connectivity index (χ0v) is 16.4. The Balaban J connectivity index is 1.53. The van der Waals surface area contributed by atoms with Crippen LogP contribution in [0.25, 0.3) is 0 Å². The van der Waals surface area contributed by atoms with Gasteiger partial charge in [-0.2, -0.15) is 0 Å². The van der Waals surface area contributed by atoms with E-state index >= 15 is 0 Å². The van der Waals surface area contributed by atoms with Crippen molar-refractivity contribution in [1.82, 2.24) is 0 Å². The number of anilines is 1. The molecular formula is C22H22ClNO4. The van der Waals surface area contributed by atoms with Crippen LogP contribution >= 0.6 is 11.6 Å². The highest BCUT2D eigenvalue weighted by molar-refractivity contribution is 6.30. The quantitative estimate of drug-likeness (QED) is 0.539. The van der Waals surface area contributed by atoms with Crippen LogP contribution in [0.5, 0.6) is 0 Å². The Labute approximate surface area is 169 Å². The standard InChI is InChI=1S/C22H22ClNO4/c1-15(22(27)24-14-4-6-16-5-2-3-7-19(16)24)28-21(26)13-12-20(25)17-8-10-18(23)11-9-17/h2-3,5,7-11,15H,4,6,12-14H2,1H3. The van der Waals surface area contributed by atoms with Crippen molar-refractivity contribution < 1.29 is 19.1 Å². The van der Waals surface area contributed by atoms with E-state index in [9.17, 15) is 14.4 Å². The maximum atomic E-state index is 12.8. The second kappa shape index (κ2) is 9.02. The number of carbonyl (C=O) groups excluding carboxylic acids is 3. The number of fused-ring (bicyclic) bond motifs is 1. The molecule has 146 valence electrons. The van der Waals surface area contributed by atoms with Crippen LogP contribution in [0.2, 0.25) is 5.02 Å². The Bertz CT molecular complexity index is 878. The van der Waals surface area contributed by atoms with Crippen molar-refractivity contribution in [2.24, 2.45) is 0 Å². The molecule has 1 aliphatic heterocycles. The molecule has 0 fully saturated rings. The zero-order chi connectivity index (χ0) is 20.1. The van der Waals surface area contributed by atoms with Crippen LogP contribution in [-0.4, -0.2) is 30.3 Å². The van der Waals surface area contributed by atoms with Gasteiger partial charge in [-0.15, -0.1) is 0 Å². The van der Waals surface area contributed by atoms with Crippen molar-refractivity contribution in [3.63, 3.8) is 0 Å². The van der Waals surface area contributed by atoms with Crippen molar-refractivity contribution in [1.29, 1.82) is 0 Å². The minimum Gasteiger partial charge on any atom is -0.453 e. The van der Waals surface area contributed by atoms with E-state index in [-0.39, 0.29) is 24.5 Å². The molecule has 0 saturated carbocycles. The topological polar surface area (TPSA) is 63.7 Å². The molecule has 0 saturated heterocycles. The van der Waals surface area contributed by atoms with Crippen molar-refractivity contribution in [2.45, 2.75) is 38.7 Å². The molecule has 2 aromatic rings. The highest BCUT2D eigenvalue weighted by atomic mass is 35.5. The fourth-order valence-corrected chi connectivity index (χ4v) is 3.41. The summed E-state index contributed by atoms with van der Waals surface area (Å²) in [5, 5.41) is 0.544. The van der Waals surface area contributed by atoms with Gasteiger partial charge in [0.15, 0.2) is 11.9 Å². The molecule has 3 rings (SSSR count). The molecule has 0 spiro atoms. The molecule has 1 atom stereocenters. The van der Waals surface area contributed by atoms with Gasteiger partial charge in [0, 0.05) is 29.2 Å². The first-order valence-corrected chi connectivity index (χ1v) is 9.71. The number of halogens is 1. The molecule has 0 bridgehead atoms. The van der Waals surface area contributed by atoms with E-state index in [1.54, 1.807) is 36.1 Å².